The van der Waals surface area contributed by atoms with Crippen LogP contribution in [0, 0.1) is 0 Å². The number of pyridine rings is 1. The van der Waals surface area contributed by atoms with E-state index in [0.29, 0.717) is 0 Å². The Bertz CT molecular complexity index is 528. The number of hydrogen-bond donors (Lipinski definition) is 0. The molecule has 0 N–H and O–H groups in total. The van der Waals surface area contributed by atoms with Gasteiger partial charge < -0.3 is 9.47 Å². The molecule has 0 aromatic carbocycles. The molecule has 11 heteroatoms. The molecule has 1 aromatic heterocycles. The summed E-state index contributed by atoms with van der Waals surface area (Å²) in [4.78, 5) is 13.9. The minimum atomic E-state index is -5.40. The van der Waals surface area contributed by atoms with E-state index in [9.17, 15) is 31.1 Å². The Balaban J connectivity index is 3.46. The standard InChI is InChI=1S/C9H4ClF6NO3/c1-19-7(18)3-2-4(20-9(14,15)16)5(8(11,12)13)17-6(3)10/h2H,1H3. The SMILES string of the molecule is COC(=O)c1cc(OC(F)(F)F)c(C(F)(F)F)nc1Cl. The molecule has 1 heterocycles. The Hall–Kier alpha value is -1.71. The van der Waals surface area contributed by atoms with E-state index in [4.69, 9.17) is 11.6 Å². The van der Waals surface area contributed by atoms with E-state index in [2.05, 4.69) is 14.5 Å². The molecule has 0 spiro atoms. The van der Waals surface area contributed by atoms with Crippen molar-refractivity contribution in [2.24, 2.45) is 0 Å². The Morgan fingerprint density at radius 3 is 2.20 bits per heavy atom. The highest BCUT2D eigenvalue weighted by Crippen LogP contribution is 2.39. The van der Waals surface area contributed by atoms with Crippen molar-refractivity contribution in [2.45, 2.75) is 12.5 Å². The molecule has 112 valence electrons. The van der Waals surface area contributed by atoms with Gasteiger partial charge >= 0.3 is 18.5 Å². The van der Waals surface area contributed by atoms with Gasteiger partial charge in [-0.3, -0.25) is 0 Å². The van der Waals surface area contributed by atoms with Gasteiger partial charge in [-0.1, -0.05) is 11.6 Å². The first-order valence-corrected chi connectivity index (χ1v) is 4.95. The molecule has 0 saturated heterocycles. The van der Waals surface area contributed by atoms with Crippen LogP contribution in [0.25, 0.3) is 0 Å². The zero-order valence-corrected chi connectivity index (χ0v) is 10.2. The number of nitrogens with zero attached hydrogens (tertiary/aromatic N) is 1. The fourth-order valence-electron chi connectivity index (χ4n) is 1.13. The molecule has 0 unspecified atom stereocenters. The summed E-state index contributed by atoms with van der Waals surface area (Å²) in [6.45, 7) is 0. The number of rotatable bonds is 2. The van der Waals surface area contributed by atoms with Gasteiger partial charge in [-0.15, -0.1) is 13.2 Å². The second-order valence-corrected chi connectivity index (χ2v) is 3.57. The van der Waals surface area contributed by atoms with Crippen LogP contribution in [-0.2, 0) is 10.9 Å². The summed E-state index contributed by atoms with van der Waals surface area (Å²) in [5, 5.41) is -0.960. The van der Waals surface area contributed by atoms with Crippen LogP contribution in [0.1, 0.15) is 16.1 Å². The second kappa shape index (κ2) is 5.35. The van der Waals surface area contributed by atoms with Gasteiger partial charge in [0, 0.05) is 6.07 Å². The molecule has 20 heavy (non-hydrogen) atoms. The van der Waals surface area contributed by atoms with Gasteiger partial charge in [-0.2, -0.15) is 13.2 Å². The molecule has 4 nitrogen and oxygen atoms in total. The predicted octanol–water partition coefficient (Wildman–Crippen LogP) is 3.44. The normalized spacial score (nSPS) is 12.2. The number of aromatic nitrogens is 1. The van der Waals surface area contributed by atoms with Gasteiger partial charge in [0.25, 0.3) is 0 Å². The Labute approximate surface area is 112 Å². The van der Waals surface area contributed by atoms with Crippen molar-refractivity contribution in [3.8, 4) is 5.75 Å². The monoisotopic (exact) mass is 323 g/mol. The molecular formula is C9H4ClF6NO3. The molecule has 0 saturated carbocycles. The van der Waals surface area contributed by atoms with Crippen molar-refractivity contribution < 1.29 is 40.6 Å². The maximum Gasteiger partial charge on any atom is 0.573 e. The fraction of sp³-hybridized carbons (Fsp3) is 0.333. The summed E-state index contributed by atoms with van der Waals surface area (Å²) in [5.41, 5.74) is -2.80. The van der Waals surface area contributed by atoms with E-state index >= 15 is 0 Å². The number of methoxy groups -OCH3 is 1. The highest BCUT2D eigenvalue weighted by molar-refractivity contribution is 6.32. The number of carbonyl (C=O) groups is 1. The van der Waals surface area contributed by atoms with Crippen LogP contribution >= 0.6 is 11.6 Å². The first-order chi connectivity index (χ1) is 8.95. The van der Waals surface area contributed by atoms with E-state index in [1.165, 1.54) is 0 Å². The van der Waals surface area contributed by atoms with Crippen molar-refractivity contribution in [2.75, 3.05) is 7.11 Å². The molecule has 0 radical (unpaired) electrons. The summed E-state index contributed by atoms with van der Waals surface area (Å²) in [6.07, 6.45) is -10.7. The first-order valence-electron chi connectivity index (χ1n) is 4.57. The van der Waals surface area contributed by atoms with Crippen LogP contribution in [0.3, 0.4) is 0 Å². The zero-order valence-electron chi connectivity index (χ0n) is 9.40. The van der Waals surface area contributed by atoms with Gasteiger partial charge in [0.1, 0.15) is 10.7 Å². The zero-order chi connectivity index (χ0) is 15.7. The molecule has 0 amide bonds. The van der Waals surface area contributed by atoms with E-state index in [1.54, 1.807) is 0 Å². The van der Waals surface area contributed by atoms with Crippen LogP contribution in [0.5, 0.6) is 5.75 Å². The van der Waals surface area contributed by atoms with Crippen LogP contribution in [-0.4, -0.2) is 24.4 Å². The largest absolute Gasteiger partial charge is 0.573 e. The number of hydrogen-bond acceptors (Lipinski definition) is 4. The number of halogens is 7. The molecule has 0 bridgehead atoms. The molecule has 0 fully saturated rings. The second-order valence-electron chi connectivity index (χ2n) is 3.21. The average Bonchev–Trinajstić information content (AvgIpc) is 2.26. The third-order valence-corrected chi connectivity index (χ3v) is 2.13. The molecule has 0 aliphatic heterocycles. The van der Waals surface area contributed by atoms with Crippen molar-refractivity contribution in [3.05, 3.63) is 22.5 Å². The Morgan fingerprint density at radius 1 is 1.25 bits per heavy atom. The topological polar surface area (TPSA) is 48.4 Å². The van der Waals surface area contributed by atoms with Gasteiger partial charge in [-0.25, -0.2) is 9.78 Å². The van der Waals surface area contributed by atoms with E-state index in [0.717, 1.165) is 7.11 Å². The molecule has 0 atom stereocenters. The predicted molar refractivity (Wildman–Crippen MR) is 52.3 cm³/mol. The Kier molecular flexibility index (Phi) is 4.37. The highest BCUT2D eigenvalue weighted by atomic mass is 35.5. The van der Waals surface area contributed by atoms with Crippen molar-refractivity contribution in [3.63, 3.8) is 0 Å². The quantitative estimate of drug-likeness (QED) is 0.475. The lowest BCUT2D eigenvalue weighted by molar-refractivity contribution is -0.276. The van der Waals surface area contributed by atoms with Crippen LogP contribution in [0.2, 0.25) is 5.15 Å². The number of alkyl halides is 6. The number of ether oxygens (including phenoxy) is 2. The average molecular weight is 324 g/mol. The Morgan fingerprint density at radius 2 is 1.80 bits per heavy atom. The molecule has 0 aliphatic carbocycles. The number of carbonyl (C=O) groups excluding carboxylic acids is 1. The lowest BCUT2D eigenvalue weighted by atomic mass is 10.2. The lowest BCUT2D eigenvalue weighted by Gasteiger charge is -2.15. The minimum absolute atomic E-state index is 0.164. The van der Waals surface area contributed by atoms with Gasteiger partial charge in [-0.05, 0) is 0 Å². The maximum absolute atomic E-state index is 12.5. The fourth-order valence-corrected chi connectivity index (χ4v) is 1.35. The summed E-state index contributed by atoms with van der Waals surface area (Å²) in [5.74, 6) is -2.96. The van der Waals surface area contributed by atoms with E-state index in [1.807, 2.05) is 0 Å². The summed E-state index contributed by atoms with van der Waals surface area (Å²) < 4.78 is 81.1. The van der Waals surface area contributed by atoms with Gasteiger partial charge in [0.2, 0.25) is 0 Å². The summed E-state index contributed by atoms with van der Waals surface area (Å²) in [7, 11) is 0.862. The van der Waals surface area contributed by atoms with Crippen LogP contribution < -0.4 is 4.74 Å². The molecular weight excluding hydrogens is 320 g/mol. The third kappa shape index (κ3) is 3.89. The summed E-state index contributed by atoms with van der Waals surface area (Å²) in [6, 6.07) is 0.164. The highest BCUT2D eigenvalue weighted by Gasteiger charge is 2.42. The van der Waals surface area contributed by atoms with Crippen molar-refractivity contribution in [1.29, 1.82) is 0 Å². The van der Waals surface area contributed by atoms with Crippen LogP contribution in [0.4, 0.5) is 26.3 Å². The van der Waals surface area contributed by atoms with Crippen molar-refractivity contribution in [1.82, 2.24) is 4.98 Å². The minimum Gasteiger partial charge on any atom is -0.465 e. The number of esters is 1. The van der Waals surface area contributed by atoms with Crippen molar-refractivity contribution >= 4 is 17.6 Å². The third-order valence-electron chi connectivity index (χ3n) is 1.84. The first kappa shape index (κ1) is 16.3. The maximum atomic E-state index is 12.5. The molecule has 1 aromatic rings. The molecule has 1 rings (SSSR count). The van der Waals surface area contributed by atoms with E-state index < -0.39 is 40.7 Å². The van der Waals surface area contributed by atoms with Gasteiger partial charge in [0.15, 0.2) is 11.4 Å². The smallest absolute Gasteiger partial charge is 0.465 e. The van der Waals surface area contributed by atoms with Gasteiger partial charge in [0.05, 0.1) is 7.11 Å². The molecule has 0 aliphatic rings. The van der Waals surface area contributed by atoms with E-state index in [-0.39, 0.29) is 6.07 Å². The summed E-state index contributed by atoms with van der Waals surface area (Å²) >= 11 is 5.30. The lowest BCUT2D eigenvalue weighted by Crippen LogP contribution is -2.22. The van der Waals surface area contributed by atoms with Crippen LogP contribution in [0.15, 0.2) is 6.07 Å².